The number of hydrogen-bond donors (Lipinski definition) is 1. The summed E-state index contributed by atoms with van der Waals surface area (Å²) in [5.41, 5.74) is 0.443. The number of carbonyl (C=O) groups is 1. The molecule has 1 aromatic carbocycles. The largest absolute Gasteiger partial charge is 0.382 e. The lowest BCUT2D eigenvalue weighted by molar-refractivity contribution is -0.385. The number of ether oxygens (including phenoxy) is 1. The zero-order chi connectivity index (χ0) is 14.3. The van der Waals surface area contributed by atoms with Crippen molar-refractivity contribution in [2.24, 2.45) is 0 Å². The van der Waals surface area contributed by atoms with Crippen molar-refractivity contribution in [2.75, 3.05) is 19.8 Å². The first-order chi connectivity index (χ1) is 9.07. The highest BCUT2D eigenvalue weighted by atomic mass is 16.6. The van der Waals surface area contributed by atoms with Crippen LogP contribution in [-0.4, -0.2) is 30.6 Å². The van der Waals surface area contributed by atoms with Gasteiger partial charge in [-0.2, -0.15) is 0 Å². The Morgan fingerprint density at radius 2 is 2.21 bits per heavy atom. The van der Waals surface area contributed by atoms with Gasteiger partial charge in [0.2, 0.25) is 0 Å². The first kappa shape index (κ1) is 15.1. The number of aryl methyl sites for hydroxylation is 1. The van der Waals surface area contributed by atoms with E-state index in [0.717, 1.165) is 0 Å². The second-order valence-corrected chi connectivity index (χ2v) is 4.03. The molecule has 1 amide bonds. The molecule has 1 aromatic rings. The molecule has 0 atom stereocenters. The molecule has 0 spiro atoms. The predicted molar refractivity (Wildman–Crippen MR) is 71.3 cm³/mol. The van der Waals surface area contributed by atoms with Crippen molar-refractivity contribution in [1.29, 1.82) is 0 Å². The van der Waals surface area contributed by atoms with Gasteiger partial charge in [0.15, 0.2) is 0 Å². The number of nitrogens with one attached hydrogen (secondary N) is 1. The Labute approximate surface area is 111 Å². The second-order valence-electron chi connectivity index (χ2n) is 4.03. The van der Waals surface area contributed by atoms with Crippen LogP contribution in [0.1, 0.15) is 29.3 Å². The molecule has 0 saturated heterocycles. The summed E-state index contributed by atoms with van der Waals surface area (Å²) in [6, 6.07) is 4.71. The molecule has 6 heteroatoms. The van der Waals surface area contributed by atoms with E-state index in [1.807, 2.05) is 6.92 Å². The molecule has 1 rings (SSSR count). The monoisotopic (exact) mass is 266 g/mol. The van der Waals surface area contributed by atoms with E-state index in [1.54, 1.807) is 19.1 Å². The molecule has 0 fully saturated rings. The number of nitro groups is 1. The predicted octanol–water partition coefficient (Wildman–Crippen LogP) is 2.06. The van der Waals surface area contributed by atoms with Crippen LogP contribution < -0.4 is 5.32 Å². The first-order valence-electron chi connectivity index (χ1n) is 6.17. The number of amides is 1. The number of nitrogens with zero attached hydrogens (tertiary/aromatic N) is 1. The summed E-state index contributed by atoms with van der Waals surface area (Å²) in [7, 11) is 0. The summed E-state index contributed by atoms with van der Waals surface area (Å²) in [5, 5.41) is 13.6. The van der Waals surface area contributed by atoms with Crippen molar-refractivity contribution in [1.82, 2.24) is 5.32 Å². The second kappa shape index (κ2) is 7.48. The van der Waals surface area contributed by atoms with Crippen molar-refractivity contribution in [2.45, 2.75) is 20.3 Å². The summed E-state index contributed by atoms with van der Waals surface area (Å²) < 4.78 is 5.14. The van der Waals surface area contributed by atoms with Gasteiger partial charge in [-0.05, 0) is 26.3 Å². The van der Waals surface area contributed by atoms with Crippen LogP contribution in [0.3, 0.4) is 0 Å². The van der Waals surface area contributed by atoms with Crippen LogP contribution in [0, 0.1) is 17.0 Å². The highest BCUT2D eigenvalue weighted by molar-refractivity contribution is 5.98. The number of rotatable bonds is 7. The van der Waals surface area contributed by atoms with Crippen LogP contribution in [0.15, 0.2) is 18.2 Å². The first-order valence-corrected chi connectivity index (χ1v) is 6.17. The zero-order valence-electron chi connectivity index (χ0n) is 11.1. The minimum atomic E-state index is -0.523. The summed E-state index contributed by atoms with van der Waals surface area (Å²) >= 11 is 0. The average Bonchev–Trinajstić information content (AvgIpc) is 2.37. The molecule has 6 nitrogen and oxygen atoms in total. The lowest BCUT2D eigenvalue weighted by Crippen LogP contribution is -2.26. The van der Waals surface area contributed by atoms with Crippen molar-refractivity contribution < 1.29 is 14.5 Å². The van der Waals surface area contributed by atoms with E-state index in [1.165, 1.54) is 6.07 Å². The fourth-order valence-corrected chi connectivity index (χ4v) is 1.70. The number of hydrogen-bond acceptors (Lipinski definition) is 4. The molecule has 0 radical (unpaired) electrons. The number of nitro benzene ring substituents is 1. The van der Waals surface area contributed by atoms with Gasteiger partial charge in [0.1, 0.15) is 5.56 Å². The van der Waals surface area contributed by atoms with Gasteiger partial charge in [-0.3, -0.25) is 14.9 Å². The van der Waals surface area contributed by atoms with Crippen LogP contribution in [0.2, 0.25) is 0 Å². The molecular formula is C13H18N2O4. The Morgan fingerprint density at radius 3 is 2.84 bits per heavy atom. The fourth-order valence-electron chi connectivity index (χ4n) is 1.70. The van der Waals surface area contributed by atoms with Crippen molar-refractivity contribution in [3.63, 3.8) is 0 Å². The van der Waals surface area contributed by atoms with Gasteiger partial charge in [-0.15, -0.1) is 0 Å². The van der Waals surface area contributed by atoms with Crippen LogP contribution in [0.4, 0.5) is 5.69 Å². The highest BCUT2D eigenvalue weighted by Gasteiger charge is 2.21. The lowest BCUT2D eigenvalue weighted by Gasteiger charge is -2.07. The van der Waals surface area contributed by atoms with Gasteiger partial charge in [-0.1, -0.05) is 12.1 Å². The molecule has 0 aliphatic rings. The third-order valence-corrected chi connectivity index (χ3v) is 2.62. The Morgan fingerprint density at radius 1 is 1.47 bits per heavy atom. The van der Waals surface area contributed by atoms with Crippen LogP contribution in [0.5, 0.6) is 0 Å². The molecule has 0 aliphatic heterocycles. The minimum absolute atomic E-state index is 0.0985. The SMILES string of the molecule is CCOCCCNC(=O)c1cccc(C)c1[N+](=O)[O-]. The van der Waals surface area contributed by atoms with E-state index in [-0.39, 0.29) is 11.3 Å². The van der Waals surface area contributed by atoms with Crippen LogP contribution >= 0.6 is 0 Å². The zero-order valence-corrected chi connectivity index (χ0v) is 11.1. The molecule has 0 aliphatic carbocycles. The standard InChI is InChI=1S/C13H18N2O4/c1-3-19-9-5-8-14-13(16)11-7-4-6-10(2)12(11)15(17)18/h4,6-7H,3,5,8-9H2,1-2H3,(H,14,16). The highest BCUT2D eigenvalue weighted by Crippen LogP contribution is 2.22. The minimum Gasteiger partial charge on any atom is -0.382 e. The fraction of sp³-hybridized carbons (Fsp3) is 0.462. The number of carbonyl (C=O) groups excluding carboxylic acids is 1. The van der Waals surface area contributed by atoms with Crippen molar-refractivity contribution >= 4 is 11.6 Å². The van der Waals surface area contributed by atoms with Gasteiger partial charge in [0.25, 0.3) is 11.6 Å². The molecular weight excluding hydrogens is 248 g/mol. The van der Waals surface area contributed by atoms with E-state index in [9.17, 15) is 14.9 Å². The van der Waals surface area contributed by atoms with Gasteiger partial charge in [-0.25, -0.2) is 0 Å². The van der Waals surface area contributed by atoms with Gasteiger partial charge < -0.3 is 10.1 Å². The van der Waals surface area contributed by atoms with E-state index >= 15 is 0 Å². The third-order valence-electron chi connectivity index (χ3n) is 2.62. The van der Waals surface area contributed by atoms with E-state index in [4.69, 9.17) is 4.74 Å². The summed E-state index contributed by atoms with van der Waals surface area (Å²) in [6.07, 6.45) is 0.680. The molecule has 1 N–H and O–H groups in total. The maximum atomic E-state index is 11.9. The molecule has 0 bridgehead atoms. The topological polar surface area (TPSA) is 81.5 Å². The number of para-hydroxylation sites is 1. The molecule has 0 saturated carbocycles. The van der Waals surface area contributed by atoms with Crippen LogP contribution in [-0.2, 0) is 4.74 Å². The molecule has 104 valence electrons. The van der Waals surface area contributed by atoms with Crippen LogP contribution in [0.25, 0.3) is 0 Å². The van der Waals surface area contributed by atoms with Crippen molar-refractivity contribution in [3.05, 3.63) is 39.4 Å². The third kappa shape index (κ3) is 4.33. The Hall–Kier alpha value is -1.95. The Kier molecular flexibility index (Phi) is 5.95. The lowest BCUT2D eigenvalue weighted by atomic mass is 10.1. The van der Waals surface area contributed by atoms with Gasteiger partial charge in [0, 0.05) is 25.3 Å². The Balaban J connectivity index is 2.67. The average molecular weight is 266 g/mol. The smallest absolute Gasteiger partial charge is 0.285 e. The molecule has 0 heterocycles. The maximum absolute atomic E-state index is 11.9. The molecule has 19 heavy (non-hydrogen) atoms. The van der Waals surface area contributed by atoms with E-state index in [2.05, 4.69) is 5.32 Å². The van der Waals surface area contributed by atoms with Crippen molar-refractivity contribution in [3.8, 4) is 0 Å². The molecule has 0 aromatic heterocycles. The summed E-state index contributed by atoms with van der Waals surface area (Å²) in [5.74, 6) is -0.424. The molecule has 0 unspecified atom stereocenters. The maximum Gasteiger partial charge on any atom is 0.285 e. The van der Waals surface area contributed by atoms with E-state index in [0.29, 0.717) is 31.7 Å². The van der Waals surface area contributed by atoms with Gasteiger partial charge >= 0.3 is 0 Å². The normalized spacial score (nSPS) is 10.2. The van der Waals surface area contributed by atoms with Gasteiger partial charge in [0.05, 0.1) is 4.92 Å². The quantitative estimate of drug-likeness (QED) is 0.465. The van der Waals surface area contributed by atoms with E-state index < -0.39 is 10.8 Å². The number of benzene rings is 1. The Bertz CT molecular complexity index is 460. The summed E-state index contributed by atoms with van der Waals surface area (Å²) in [4.78, 5) is 22.3. The summed E-state index contributed by atoms with van der Waals surface area (Å²) in [6.45, 7) is 5.15.